The summed E-state index contributed by atoms with van der Waals surface area (Å²) in [6, 6.07) is 8.07. The summed E-state index contributed by atoms with van der Waals surface area (Å²) in [5, 5.41) is 4.57. The lowest BCUT2D eigenvalue weighted by atomic mass is 9.93. The number of H-pyrrole nitrogens is 1. The number of aromatic amines is 1. The number of unbranched alkanes of at least 4 members (excludes halogenated alkanes) is 1. The van der Waals surface area contributed by atoms with Crippen molar-refractivity contribution in [2.75, 3.05) is 13.1 Å². The van der Waals surface area contributed by atoms with Gasteiger partial charge in [0, 0.05) is 36.1 Å². The summed E-state index contributed by atoms with van der Waals surface area (Å²) in [5.41, 5.74) is 14.6. The number of aromatic nitrogens is 1. The summed E-state index contributed by atoms with van der Waals surface area (Å²) >= 11 is 0. The number of para-hydroxylation sites is 1. The molecule has 0 saturated carbocycles. The van der Waals surface area contributed by atoms with Crippen molar-refractivity contribution >= 4 is 16.7 Å². The topological polar surface area (TPSA) is 96.9 Å². The van der Waals surface area contributed by atoms with Gasteiger partial charge in [-0.3, -0.25) is 4.79 Å². The highest BCUT2D eigenvalue weighted by Crippen LogP contribution is 2.22. The van der Waals surface area contributed by atoms with Gasteiger partial charge in [0.1, 0.15) is 5.78 Å². The molecule has 0 saturated heterocycles. The minimum absolute atomic E-state index is 0.152. The molecular weight excluding hydrogens is 336 g/mol. The summed E-state index contributed by atoms with van der Waals surface area (Å²) < 4.78 is 0. The number of hydrogen-bond donors (Lipinski definition) is 4. The van der Waals surface area contributed by atoms with Crippen LogP contribution in [0.1, 0.15) is 51.5 Å². The molecule has 0 aliphatic heterocycles. The van der Waals surface area contributed by atoms with Crippen molar-refractivity contribution in [3.63, 3.8) is 0 Å². The fourth-order valence-corrected chi connectivity index (χ4v) is 3.52. The van der Waals surface area contributed by atoms with Crippen molar-refractivity contribution in [1.29, 1.82) is 0 Å². The Morgan fingerprint density at radius 3 is 2.78 bits per heavy atom. The molecular formula is C22H36N4O. The first-order valence-corrected chi connectivity index (χ1v) is 10.3. The SMILES string of the molecule is CCCC[C@H](N)CNCC[C@H](N)C(=O)C[C@@H](C)Cc1c[nH]c2ccccc12. The second-order valence-corrected chi connectivity index (χ2v) is 7.84. The molecule has 1 aromatic heterocycles. The number of fused-ring (bicyclic) bond motifs is 1. The molecule has 150 valence electrons. The zero-order chi connectivity index (χ0) is 19.6. The number of nitrogens with two attached hydrogens (primary N) is 2. The van der Waals surface area contributed by atoms with E-state index in [-0.39, 0.29) is 17.7 Å². The van der Waals surface area contributed by atoms with Gasteiger partial charge in [-0.05, 0) is 43.4 Å². The average molecular weight is 373 g/mol. The Labute approximate surface area is 163 Å². The molecule has 27 heavy (non-hydrogen) atoms. The molecule has 6 N–H and O–H groups in total. The van der Waals surface area contributed by atoms with E-state index in [0.717, 1.165) is 37.9 Å². The normalized spacial score (nSPS) is 15.0. The monoisotopic (exact) mass is 372 g/mol. The second-order valence-electron chi connectivity index (χ2n) is 7.84. The number of Topliss-reactive ketones (excluding diaryl/α,β-unsaturated/α-hetero) is 1. The van der Waals surface area contributed by atoms with Gasteiger partial charge in [-0.1, -0.05) is 44.9 Å². The Balaban J connectivity index is 1.69. The van der Waals surface area contributed by atoms with Gasteiger partial charge in [-0.25, -0.2) is 0 Å². The predicted octanol–water partition coefficient (Wildman–Crippen LogP) is 3.13. The van der Waals surface area contributed by atoms with Crippen LogP contribution in [0.15, 0.2) is 30.5 Å². The highest BCUT2D eigenvalue weighted by Gasteiger charge is 2.18. The third-order valence-electron chi connectivity index (χ3n) is 5.17. The van der Waals surface area contributed by atoms with Crippen molar-refractivity contribution in [1.82, 2.24) is 10.3 Å². The molecule has 5 heteroatoms. The van der Waals surface area contributed by atoms with Crippen LogP contribution >= 0.6 is 0 Å². The maximum atomic E-state index is 12.4. The minimum Gasteiger partial charge on any atom is -0.361 e. The average Bonchev–Trinajstić information content (AvgIpc) is 3.06. The van der Waals surface area contributed by atoms with Crippen molar-refractivity contribution in [2.45, 2.75) is 64.5 Å². The van der Waals surface area contributed by atoms with E-state index in [9.17, 15) is 4.79 Å². The molecule has 0 aliphatic carbocycles. The smallest absolute Gasteiger partial charge is 0.149 e. The molecule has 0 amide bonds. The summed E-state index contributed by atoms with van der Waals surface area (Å²) in [6.45, 7) is 5.82. The molecule has 0 fully saturated rings. The van der Waals surface area contributed by atoms with E-state index < -0.39 is 6.04 Å². The fourth-order valence-electron chi connectivity index (χ4n) is 3.52. The lowest BCUT2D eigenvalue weighted by Crippen LogP contribution is -2.38. The summed E-state index contributed by atoms with van der Waals surface area (Å²) in [6.07, 6.45) is 7.50. The Bertz CT molecular complexity index is 696. The minimum atomic E-state index is -0.394. The van der Waals surface area contributed by atoms with E-state index >= 15 is 0 Å². The van der Waals surface area contributed by atoms with Crippen LogP contribution < -0.4 is 16.8 Å². The summed E-state index contributed by atoms with van der Waals surface area (Å²) in [7, 11) is 0. The standard InChI is InChI=1S/C22H36N4O/c1-3-4-7-18(23)15-25-11-10-20(24)22(27)13-16(2)12-17-14-26-21-9-6-5-8-19(17)21/h5-6,8-9,14,16,18,20,25-26H,3-4,7,10-13,15,23-24H2,1-2H3/t16-,18-,20-/m0/s1. The molecule has 5 nitrogen and oxygen atoms in total. The quantitative estimate of drug-likeness (QED) is 0.406. The van der Waals surface area contributed by atoms with Gasteiger partial charge in [0.15, 0.2) is 0 Å². The predicted molar refractivity (Wildman–Crippen MR) is 114 cm³/mol. The van der Waals surface area contributed by atoms with E-state index in [1.807, 2.05) is 12.1 Å². The van der Waals surface area contributed by atoms with Crippen molar-refractivity contribution in [2.24, 2.45) is 17.4 Å². The van der Waals surface area contributed by atoms with E-state index in [4.69, 9.17) is 11.5 Å². The number of carbonyl (C=O) groups is 1. The van der Waals surface area contributed by atoms with Crippen LogP contribution in [-0.4, -0.2) is 35.9 Å². The van der Waals surface area contributed by atoms with Gasteiger partial charge in [0.2, 0.25) is 0 Å². The van der Waals surface area contributed by atoms with Gasteiger partial charge in [0.05, 0.1) is 6.04 Å². The van der Waals surface area contributed by atoms with Gasteiger partial charge >= 0.3 is 0 Å². The Hall–Kier alpha value is -1.69. The number of nitrogens with one attached hydrogen (secondary N) is 2. The zero-order valence-corrected chi connectivity index (χ0v) is 16.8. The number of benzene rings is 1. The highest BCUT2D eigenvalue weighted by molar-refractivity contribution is 5.85. The van der Waals surface area contributed by atoms with Crippen LogP contribution in [-0.2, 0) is 11.2 Å². The van der Waals surface area contributed by atoms with Crippen LogP contribution in [0.3, 0.4) is 0 Å². The molecule has 0 unspecified atom stereocenters. The van der Waals surface area contributed by atoms with Gasteiger partial charge in [0.25, 0.3) is 0 Å². The third-order valence-corrected chi connectivity index (χ3v) is 5.17. The van der Waals surface area contributed by atoms with Crippen molar-refractivity contribution < 1.29 is 4.79 Å². The molecule has 0 bridgehead atoms. The van der Waals surface area contributed by atoms with Crippen LogP contribution in [0.4, 0.5) is 0 Å². The Kier molecular flexibility index (Phi) is 8.98. The summed E-state index contributed by atoms with van der Waals surface area (Å²) in [5.74, 6) is 0.428. The van der Waals surface area contributed by atoms with E-state index in [1.165, 1.54) is 17.4 Å². The van der Waals surface area contributed by atoms with Crippen LogP contribution in [0.25, 0.3) is 10.9 Å². The maximum absolute atomic E-state index is 12.4. The van der Waals surface area contributed by atoms with E-state index in [1.54, 1.807) is 0 Å². The van der Waals surface area contributed by atoms with Crippen LogP contribution in [0.2, 0.25) is 0 Å². The number of hydrogen-bond acceptors (Lipinski definition) is 4. The molecule has 0 aliphatic rings. The molecule has 1 heterocycles. The summed E-state index contributed by atoms with van der Waals surface area (Å²) in [4.78, 5) is 15.7. The largest absolute Gasteiger partial charge is 0.361 e. The third kappa shape index (κ3) is 7.09. The van der Waals surface area contributed by atoms with Gasteiger partial charge < -0.3 is 21.8 Å². The number of carbonyl (C=O) groups excluding carboxylic acids is 1. The van der Waals surface area contributed by atoms with Gasteiger partial charge in [-0.2, -0.15) is 0 Å². The van der Waals surface area contributed by atoms with Crippen molar-refractivity contribution in [3.05, 3.63) is 36.0 Å². The molecule has 2 rings (SSSR count). The van der Waals surface area contributed by atoms with Gasteiger partial charge in [-0.15, -0.1) is 0 Å². The number of ketones is 1. The second kappa shape index (κ2) is 11.2. The first-order valence-electron chi connectivity index (χ1n) is 10.3. The Morgan fingerprint density at radius 1 is 1.22 bits per heavy atom. The molecule has 2 aromatic rings. The first-order chi connectivity index (χ1) is 13.0. The molecule has 0 spiro atoms. The highest BCUT2D eigenvalue weighted by atomic mass is 16.1. The van der Waals surface area contributed by atoms with Crippen LogP contribution in [0, 0.1) is 5.92 Å². The molecule has 1 aromatic carbocycles. The lowest BCUT2D eigenvalue weighted by Gasteiger charge is -2.16. The zero-order valence-electron chi connectivity index (χ0n) is 16.8. The Morgan fingerprint density at radius 2 is 2.00 bits per heavy atom. The fraction of sp³-hybridized carbons (Fsp3) is 0.591. The molecule has 3 atom stereocenters. The molecule has 0 radical (unpaired) electrons. The maximum Gasteiger partial charge on any atom is 0.149 e. The lowest BCUT2D eigenvalue weighted by molar-refractivity contribution is -0.121. The van der Waals surface area contributed by atoms with E-state index in [0.29, 0.717) is 12.8 Å². The van der Waals surface area contributed by atoms with E-state index in [2.05, 4.69) is 42.5 Å². The van der Waals surface area contributed by atoms with Crippen molar-refractivity contribution in [3.8, 4) is 0 Å². The number of rotatable bonds is 13. The first kappa shape index (κ1) is 21.6. The van der Waals surface area contributed by atoms with Crippen LogP contribution in [0.5, 0.6) is 0 Å².